The number of hydrogen-bond acceptors (Lipinski definition) is 0. The van der Waals surface area contributed by atoms with Crippen molar-refractivity contribution in [1.29, 1.82) is 0 Å². The lowest BCUT2D eigenvalue weighted by molar-refractivity contribution is 0.0775. The Hall–Kier alpha value is -1.56. The van der Waals surface area contributed by atoms with E-state index in [2.05, 4.69) is 48.5 Å². The van der Waals surface area contributed by atoms with Gasteiger partial charge in [-0.25, -0.2) is 0 Å². The van der Waals surface area contributed by atoms with Gasteiger partial charge in [-0.2, -0.15) is 0 Å². The van der Waals surface area contributed by atoms with Crippen LogP contribution in [0.4, 0.5) is 0 Å². The molecule has 0 N–H and O–H groups in total. The number of hydrogen-bond donors (Lipinski definition) is 0. The molecule has 0 aliphatic heterocycles. The first-order chi connectivity index (χ1) is 10.9. The molecule has 5 aliphatic carbocycles. The summed E-state index contributed by atoms with van der Waals surface area (Å²) in [5.74, 6) is 3.57. The maximum absolute atomic E-state index is 2.48. The molecule has 0 aromatic heterocycles. The van der Waals surface area contributed by atoms with Gasteiger partial charge in [0, 0.05) is 10.8 Å². The van der Waals surface area contributed by atoms with E-state index in [1.807, 2.05) is 0 Å². The van der Waals surface area contributed by atoms with Crippen molar-refractivity contribution in [3.63, 3.8) is 0 Å². The predicted molar refractivity (Wildman–Crippen MR) is 87.2 cm³/mol. The number of rotatable bonds is 0. The molecule has 3 fully saturated rings. The van der Waals surface area contributed by atoms with E-state index in [1.165, 1.54) is 25.7 Å². The Morgan fingerprint density at radius 1 is 0.636 bits per heavy atom. The van der Waals surface area contributed by atoms with Crippen LogP contribution in [0, 0.1) is 11.8 Å². The zero-order valence-corrected chi connectivity index (χ0v) is 12.8. The molecule has 0 heterocycles. The van der Waals surface area contributed by atoms with Gasteiger partial charge in [0.1, 0.15) is 0 Å². The Kier molecular flexibility index (Phi) is 1.54. The predicted octanol–water partition coefficient (Wildman–Crippen LogP) is 4.89. The van der Waals surface area contributed by atoms with Crippen molar-refractivity contribution < 1.29 is 0 Å². The molecule has 6 atom stereocenters. The van der Waals surface area contributed by atoms with E-state index in [4.69, 9.17) is 0 Å². The van der Waals surface area contributed by atoms with E-state index in [0.29, 0.717) is 10.8 Å². The fourth-order valence-corrected chi connectivity index (χ4v) is 8.53. The Balaban J connectivity index is 1.64. The molecule has 0 nitrogen and oxygen atoms in total. The first kappa shape index (κ1) is 11.0. The summed E-state index contributed by atoms with van der Waals surface area (Å²) in [4.78, 5) is 0. The smallest absolute Gasteiger partial charge is 0.0159 e. The van der Waals surface area contributed by atoms with Gasteiger partial charge >= 0.3 is 0 Å². The van der Waals surface area contributed by atoms with Crippen molar-refractivity contribution in [2.24, 2.45) is 11.8 Å². The first-order valence-electron chi connectivity index (χ1n) is 9.09. The van der Waals surface area contributed by atoms with Gasteiger partial charge in [0.15, 0.2) is 0 Å². The summed E-state index contributed by atoms with van der Waals surface area (Å²) >= 11 is 0. The van der Waals surface area contributed by atoms with Crippen LogP contribution in [-0.4, -0.2) is 0 Å². The van der Waals surface area contributed by atoms with Gasteiger partial charge in [0.05, 0.1) is 0 Å². The highest BCUT2D eigenvalue weighted by molar-refractivity contribution is 5.70. The second-order valence-electron chi connectivity index (χ2n) is 8.46. The monoisotopic (exact) mass is 284 g/mol. The van der Waals surface area contributed by atoms with Gasteiger partial charge in [-0.15, -0.1) is 0 Å². The van der Waals surface area contributed by atoms with Crippen molar-refractivity contribution in [3.8, 4) is 0 Å². The summed E-state index contributed by atoms with van der Waals surface area (Å²) in [6.07, 6.45) is 5.93. The van der Waals surface area contributed by atoms with Crippen molar-refractivity contribution >= 4 is 0 Å². The van der Waals surface area contributed by atoms with Crippen LogP contribution in [0.25, 0.3) is 0 Å². The second kappa shape index (κ2) is 3.07. The molecule has 108 valence electrons. The van der Waals surface area contributed by atoms with E-state index < -0.39 is 0 Å². The lowest BCUT2D eigenvalue weighted by Gasteiger charge is -2.65. The lowest BCUT2D eigenvalue weighted by Crippen LogP contribution is -2.63. The van der Waals surface area contributed by atoms with Gasteiger partial charge in [-0.05, 0) is 71.6 Å². The summed E-state index contributed by atoms with van der Waals surface area (Å²) in [7, 11) is 0. The standard InChI is InChI=1S/C22H20/c1-2-6-16-15(5-1)19-12-20(16)22-14-10-9-13(11-14)21(19,22)17-7-3-4-8-18(17)22/h1-8,13-14,19-20H,9-12H2/t13-,14-,19+,20+,21-,22+/m0/s1. The molecule has 5 aliphatic rings. The molecule has 2 aromatic rings. The summed E-state index contributed by atoms with van der Waals surface area (Å²) < 4.78 is 0. The molecule has 0 unspecified atom stereocenters. The van der Waals surface area contributed by atoms with E-state index in [1.54, 1.807) is 22.3 Å². The summed E-state index contributed by atoms with van der Waals surface area (Å²) in [5.41, 5.74) is 8.00. The van der Waals surface area contributed by atoms with Crippen molar-refractivity contribution in [1.82, 2.24) is 0 Å². The van der Waals surface area contributed by atoms with Crippen LogP contribution in [-0.2, 0) is 10.8 Å². The third-order valence-electron chi connectivity index (χ3n) is 8.54. The van der Waals surface area contributed by atoms with Crippen molar-refractivity contribution in [3.05, 3.63) is 70.8 Å². The normalized spacial score (nSPS) is 47.6. The van der Waals surface area contributed by atoms with Crippen molar-refractivity contribution in [2.45, 2.75) is 48.3 Å². The van der Waals surface area contributed by atoms with Gasteiger partial charge in [-0.1, -0.05) is 48.5 Å². The van der Waals surface area contributed by atoms with Gasteiger partial charge in [0.2, 0.25) is 0 Å². The molecule has 4 bridgehead atoms. The molecule has 22 heavy (non-hydrogen) atoms. The van der Waals surface area contributed by atoms with Crippen LogP contribution >= 0.6 is 0 Å². The second-order valence-corrected chi connectivity index (χ2v) is 8.46. The molecule has 0 spiro atoms. The highest BCUT2D eigenvalue weighted by Crippen LogP contribution is 2.88. The van der Waals surface area contributed by atoms with E-state index >= 15 is 0 Å². The molecular weight excluding hydrogens is 264 g/mol. The molecule has 0 saturated heterocycles. The molecule has 0 radical (unpaired) electrons. The molecule has 0 heteroatoms. The van der Waals surface area contributed by atoms with Crippen LogP contribution < -0.4 is 0 Å². The van der Waals surface area contributed by atoms with Crippen LogP contribution in [0.2, 0.25) is 0 Å². The first-order valence-corrected chi connectivity index (χ1v) is 9.09. The molecular formula is C22H20. The molecule has 3 saturated carbocycles. The van der Waals surface area contributed by atoms with Crippen LogP contribution in [0.3, 0.4) is 0 Å². The van der Waals surface area contributed by atoms with E-state index in [0.717, 1.165) is 23.7 Å². The highest BCUT2D eigenvalue weighted by Gasteiger charge is 2.84. The Labute approximate surface area is 131 Å². The largest absolute Gasteiger partial charge is 0.0620 e. The van der Waals surface area contributed by atoms with E-state index in [9.17, 15) is 0 Å². The third-order valence-corrected chi connectivity index (χ3v) is 8.54. The fraction of sp³-hybridized carbons (Fsp3) is 0.455. The minimum Gasteiger partial charge on any atom is -0.0620 e. The van der Waals surface area contributed by atoms with Crippen molar-refractivity contribution in [2.75, 3.05) is 0 Å². The summed E-state index contributed by atoms with van der Waals surface area (Å²) in [6.45, 7) is 0. The van der Waals surface area contributed by atoms with Crippen LogP contribution in [0.15, 0.2) is 48.5 Å². The summed E-state index contributed by atoms with van der Waals surface area (Å²) in [5, 5.41) is 0. The number of fused-ring (bicyclic) bond motifs is 8. The molecule has 7 rings (SSSR count). The van der Waals surface area contributed by atoms with Crippen LogP contribution in [0.5, 0.6) is 0 Å². The fourth-order valence-electron chi connectivity index (χ4n) is 8.53. The maximum atomic E-state index is 2.48. The van der Waals surface area contributed by atoms with E-state index in [-0.39, 0.29) is 0 Å². The van der Waals surface area contributed by atoms with Gasteiger partial charge in [0.25, 0.3) is 0 Å². The average Bonchev–Trinajstić information content (AvgIpc) is 3.27. The lowest BCUT2D eigenvalue weighted by atomic mass is 9.37. The number of benzene rings is 2. The quantitative estimate of drug-likeness (QED) is 0.646. The minimum absolute atomic E-state index is 0.533. The Morgan fingerprint density at radius 2 is 1.14 bits per heavy atom. The average molecular weight is 284 g/mol. The topological polar surface area (TPSA) is 0 Å². The maximum Gasteiger partial charge on any atom is 0.0159 e. The van der Waals surface area contributed by atoms with Gasteiger partial charge < -0.3 is 0 Å². The SMILES string of the molecule is c1ccc2c(c1)[C@H]1C[C@H]2[C@]23c4ccccc4[C@]12[C@H]1CC[C@H]3C1. The zero-order chi connectivity index (χ0) is 14.1. The Bertz CT molecular complexity index is 781. The van der Waals surface area contributed by atoms with Crippen LogP contribution in [0.1, 0.15) is 59.8 Å². The highest BCUT2D eigenvalue weighted by atomic mass is 14.9. The minimum atomic E-state index is 0.533. The molecule has 2 aromatic carbocycles. The summed E-state index contributed by atoms with van der Waals surface area (Å²) in [6, 6.07) is 19.0. The van der Waals surface area contributed by atoms with Gasteiger partial charge in [-0.3, -0.25) is 0 Å². The zero-order valence-electron chi connectivity index (χ0n) is 12.8. The third kappa shape index (κ3) is 0.751. The molecule has 0 amide bonds. The Morgan fingerprint density at radius 3 is 1.68 bits per heavy atom.